The van der Waals surface area contributed by atoms with Crippen LogP contribution in [0.1, 0.15) is 105 Å². The smallest absolute Gasteiger partial charge is 0.165 e. The van der Waals surface area contributed by atoms with Gasteiger partial charge in [-0.05, 0) is 85.9 Å². The molecule has 3 heteroatoms. The molecule has 0 spiro atoms. The quantitative estimate of drug-likeness (QED) is 0.576. The normalized spacial score (nSPS) is 47.9. The second kappa shape index (κ2) is 8.18. The van der Waals surface area contributed by atoms with Gasteiger partial charge in [-0.3, -0.25) is 4.79 Å². The summed E-state index contributed by atoms with van der Waals surface area (Å²) in [4.78, 5) is 13.3. The van der Waals surface area contributed by atoms with Crippen molar-refractivity contribution in [3.63, 3.8) is 0 Å². The lowest BCUT2D eigenvalue weighted by atomic mass is 9.43. The van der Waals surface area contributed by atoms with Crippen molar-refractivity contribution in [1.82, 2.24) is 0 Å². The number of rotatable bonds is 6. The Morgan fingerprint density at radius 2 is 1.73 bits per heavy atom. The molecular weight excluding hydrogens is 372 g/mol. The minimum atomic E-state index is -1.05. The number of ketones is 1. The Hall–Kier alpha value is -0.410. The first-order valence-corrected chi connectivity index (χ1v) is 13.0. The molecule has 0 aromatic heterocycles. The summed E-state index contributed by atoms with van der Waals surface area (Å²) < 4.78 is 0. The number of aliphatic hydroxyl groups is 2. The highest BCUT2D eigenvalue weighted by Crippen LogP contribution is 2.68. The molecule has 4 saturated carbocycles. The minimum absolute atomic E-state index is 0.171. The van der Waals surface area contributed by atoms with Crippen LogP contribution in [0.3, 0.4) is 0 Å². The Morgan fingerprint density at radius 3 is 2.47 bits per heavy atom. The van der Waals surface area contributed by atoms with E-state index in [1.54, 1.807) is 0 Å². The molecule has 4 fully saturated rings. The minimum Gasteiger partial charge on any atom is -0.396 e. The summed E-state index contributed by atoms with van der Waals surface area (Å²) >= 11 is 0. The van der Waals surface area contributed by atoms with Gasteiger partial charge in [-0.1, -0.05) is 53.4 Å². The Morgan fingerprint density at radius 1 is 1.00 bits per heavy atom. The van der Waals surface area contributed by atoms with Crippen LogP contribution in [0, 0.1) is 46.3 Å². The summed E-state index contributed by atoms with van der Waals surface area (Å²) in [6.45, 7) is 9.72. The maximum Gasteiger partial charge on any atom is 0.165 e. The Bertz CT molecular complexity index is 646. The van der Waals surface area contributed by atoms with Gasteiger partial charge >= 0.3 is 0 Å². The fourth-order valence-corrected chi connectivity index (χ4v) is 9.12. The molecule has 4 rings (SSSR count). The number of aliphatic hydroxyl groups excluding tert-OH is 1. The predicted octanol–water partition coefficient (Wildman–Crippen LogP) is 5.76. The van der Waals surface area contributed by atoms with Crippen molar-refractivity contribution in [3.05, 3.63) is 0 Å². The maximum atomic E-state index is 13.3. The lowest BCUT2D eigenvalue weighted by molar-refractivity contribution is -0.203. The first-order valence-electron chi connectivity index (χ1n) is 13.0. The van der Waals surface area contributed by atoms with E-state index in [0.29, 0.717) is 48.5 Å². The van der Waals surface area contributed by atoms with E-state index in [0.717, 1.165) is 31.1 Å². The Kier molecular flexibility index (Phi) is 6.21. The third-order valence-corrected chi connectivity index (χ3v) is 11.0. The first kappa shape index (κ1) is 22.8. The molecule has 0 radical (unpaired) electrons. The average Bonchev–Trinajstić information content (AvgIpc) is 3.07. The summed E-state index contributed by atoms with van der Waals surface area (Å²) in [5, 5.41) is 20.8. The zero-order valence-electron chi connectivity index (χ0n) is 20.0. The van der Waals surface area contributed by atoms with E-state index in [2.05, 4.69) is 27.7 Å². The van der Waals surface area contributed by atoms with Crippen molar-refractivity contribution in [2.75, 3.05) is 6.61 Å². The van der Waals surface area contributed by atoms with Gasteiger partial charge in [0, 0.05) is 18.4 Å². The van der Waals surface area contributed by atoms with Crippen molar-refractivity contribution in [2.45, 2.75) is 110 Å². The lowest BCUT2D eigenvalue weighted by Crippen LogP contribution is -2.65. The highest BCUT2D eigenvalue weighted by molar-refractivity contribution is 5.89. The predicted molar refractivity (Wildman–Crippen MR) is 121 cm³/mol. The van der Waals surface area contributed by atoms with Crippen LogP contribution in [0.2, 0.25) is 0 Å². The Balaban J connectivity index is 1.50. The van der Waals surface area contributed by atoms with E-state index < -0.39 is 5.60 Å². The van der Waals surface area contributed by atoms with E-state index in [9.17, 15) is 15.0 Å². The second-order valence-corrected chi connectivity index (χ2v) is 12.4. The van der Waals surface area contributed by atoms with Crippen LogP contribution in [0.15, 0.2) is 0 Å². The molecule has 2 N–H and O–H groups in total. The molecule has 30 heavy (non-hydrogen) atoms. The molecule has 0 amide bonds. The van der Waals surface area contributed by atoms with Gasteiger partial charge < -0.3 is 10.2 Å². The van der Waals surface area contributed by atoms with E-state index in [1.807, 2.05) is 0 Å². The lowest BCUT2D eigenvalue weighted by Gasteiger charge is -2.62. The molecule has 0 saturated heterocycles. The molecule has 0 aliphatic heterocycles. The highest BCUT2D eigenvalue weighted by Gasteiger charge is 2.66. The van der Waals surface area contributed by atoms with Crippen LogP contribution in [0.5, 0.6) is 0 Å². The van der Waals surface area contributed by atoms with E-state index >= 15 is 0 Å². The summed E-state index contributed by atoms with van der Waals surface area (Å²) in [6, 6.07) is 0. The van der Waals surface area contributed by atoms with Crippen molar-refractivity contribution in [1.29, 1.82) is 0 Å². The van der Waals surface area contributed by atoms with Gasteiger partial charge in [0.1, 0.15) is 5.60 Å². The largest absolute Gasteiger partial charge is 0.396 e. The fourth-order valence-electron chi connectivity index (χ4n) is 9.12. The van der Waals surface area contributed by atoms with Gasteiger partial charge in [0.15, 0.2) is 5.78 Å². The summed E-state index contributed by atoms with van der Waals surface area (Å²) in [7, 11) is 0. The van der Waals surface area contributed by atoms with Crippen LogP contribution in [0.4, 0.5) is 0 Å². The monoisotopic (exact) mass is 418 g/mol. The SMILES string of the molecule is CC(CO)CCC[C@@H](C)[C@H]1CC[C@H]2[C@@H]3CC(=O)C4(O)CCCC[C@]4(C)[C@H]3CC[C@]12C. The molecule has 172 valence electrons. The molecule has 4 aliphatic carbocycles. The zero-order chi connectivity index (χ0) is 21.7. The summed E-state index contributed by atoms with van der Waals surface area (Å²) in [5.41, 5.74) is -0.879. The van der Waals surface area contributed by atoms with Crippen LogP contribution >= 0.6 is 0 Å². The van der Waals surface area contributed by atoms with E-state index in [4.69, 9.17) is 0 Å². The van der Waals surface area contributed by atoms with Crippen molar-refractivity contribution in [3.8, 4) is 0 Å². The van der Waals surface area contributed by atoms with Gasteiger partial charge in [0.25, 0.3) is 0 Å². The maximum absolute atomic E-state index is 13.3. The standard InChI is InChI=1S/C27H46O3/c1-18(17-28)8-7-9-19(2)21-10-11-22-20-16-24(29)27(30)14-6-5-13-26(27,4)23(20)12-15-25(21,22)3/h18-23,28,30H,5-17H2,1-4H3/t18?,19-,20+,21-,22+,23+,25-,26-,27?/m1/s1. The third kappa shape index (κ3) is 3.33. The number of hydrogen-bond acceptors (Lipinski definition) is 3. The first-order chi connectivity index (χ1) is 14.2. The van der Waals surface area contributed by atoms with Crippen molar-refractivity contribution >= 4 is 5.78 Å². The molecule has 4 aliphatic rings. The molecule has 2 unspecified atom stereocenters. The van der Waals surface area contributed by atoms with E-state index in [1.165, 1.54) is 44.9 Å². The number of carbonyl (C=O) groups is 1. The number of Topliss-reactive ketones (excluding diaryl/α,β-unsaturated/α-hetero) is 1. The van der Waals surface area contributed by atoms with Crippen LogP contribution < -0.4 is 0 Å². The van der Waals surface area contributed by atoms with Gasteiger partial charge in [0.2, 0.25) is 0 Å². The van der Waals surface area contributed by atoms with Crippen molar-refractivity contribution in [2.24, 2.45) is 46.3 Å². The van der Waals surface area contributed by atoms with Gasteiger partial charge in [-0.25, -0.2) is 0 Å². The molecule has 9 atom stereocenters. The molecule has 0 bridgehead atoms. The van der Waals surface area contributed by atoms with Crippen LogP contribution in [-0.4, -0.2) is 28.2 Å². The molecule has 3 nitrogen and oxygen atoms in total. The van der Waals surface area contributed by atoms with Crippen molar-refractivity contribution < 1.29 is 15.0 Å². The molecule has 0 heterocycles. The number of hydrogen-bond donors (Lipinski definition) is 2. The second-order valence-electron chi connectivity index (χ2n) is 12.4. The average molecular weight is 419 g/mol. The van der Waals surface area contributed by atoms with Gasteiger partial charge in [-0.2, -0.15) is 0 Å². The molecule has 0 aromatic rings. The summed E-state index contributed by atoms with van der Waals surface area (Å²) in [5.74, 6) is 3.76. The zero-order valence-corrected chi connectivity index (χ0v) is 20.0. The third-order valence-electron chi connectivity index (χ3n) is 11.0. The van der Waals surface area contributed by atoms with Crippen LogP contribution in [0.25, 0.3) is 0 Å². The van der Waals surface area contributed by atoms with Crippen LogP contribution in [-0.2, 0) is 4.79 Å². The number of carbonyl (C=O) groups excluding carboxylic acids is 1. The molecule has 0 aromatic carbocycles. The summed E-state index contributed by atoms with van der Waals surface area (Å²) in [6.07, 6.45) is 13.2. The fraction of sp³-hybridized carbons (Fsp3) is 0.963. The van der Waals surface area contributed by atoms with Gasteiger partial charge in [-0.15, -0.1) is 0 Å². The molecular formula is C27H46O3. The number of fused-ring (bicyclic) bond motifs is 5. The van der Waals surface area contributed by atoms with E-state index in [-0.39, 0.29) is 11.2 Å². The Labute approximate surface area is 184 Å². The van der Waals surface area contributed by atoms with Gasteiger partial charge in [0.05, 0.1) is 0 Å². The highest BCUT2D eigenvalue weighted by atomic mass is 16.3. The topological polar surface area (TPSA) is 57.5 Å².